The molecular formula is C12H17ClN2O2. The number of nitrogens with zero attached hydrogens (tertiary/aromatic N) is 1. The van der Waals surface area contributed by atoms with Crippen LogP contribution in [0.25, 0.3) is 0 Å². The Balaban J connectivity index is 2.90. The van der Waals surface area contributed by atoms with Crippen LogP contribution in [0.1, 0.15) is 20.8 Å². The molecule has 0 unspecified atom stereocenters. The third-order valence-corrected chi connectivity index (χ3v) is 3.20. The minimum Gasteiger partial charge on any atom is -0.324 e. The van der Waals surface area contributed by atoms with Gasteiger partial charge in [0.25, 0.3) is 5.56 Å². The Kier molecular flexibility index (Phi) is 4.34. The maximum Gasteiger partial charge on any atom is 0.250 e. The molecule has 0 saturated heterocycles. The first-order valence-electron chi connectivity index (χ1n) is 5.48. The van der Waals surface area contributed by atoms with Crippen molar-refractivity contribution in [2.75, 3.05) is 11.2 Å². The molecule has 1 rings (SSSR count). The highest BCUT2D eigenvalue weighted by Crippen LogP contribution is 2.19. The van der Waals surface area contributed by atoms with Crippen molar-refractivity contribution in [1.82, 2.24) is 4.57 Å². The average molecular weight is 257 g/mol. The van der Waals surface area contributed by atoms with Gasteiger partial charge in [0.15, 0.2) is 0 Å². The van der Waals surface area contributed by atoms with Gasteiger partial charge in [0, 0.05) is 24.7 Å². The molecule has 1 heterocycles. The van der Waals surface area contributed by atoms with Crippen LogP contribution < -0.4 is 10.9 Å². The molecule has 0 atom stereocenters. The van der Waals surface area contributed by atoms with Crippen molar-refractivity contribution in [2.45, 2.75) is 27.3 Å². The number of anilines is 1. The van der Waals surface area contributed by atoms with E-state index in [1.165, 1.54) is 10.6 Å². The SMILES string of the molecule is CCn1cc(NC(=O)C(C)(C)CCl)ccc1=O. The highest BCUT2D eigenvalue weighted by molar-refractivity contribution is 6.20. The Morgan fingerprint density at radius 1 is 1.47 bits per heavy atom. The number of aromatic nitrogens is 1. The van der Waals surface area contributed by atoms with E-state index in [0.29, 0.717) is 12.2 Å². The van der Waals surface area contributed by atoms with Crippen LogP contribution >= 0.6 is 11.6 Å². The molecule has 0 bridgehead atoms. The van der Waals surface area contributed by atoms with E-state index >= 15 is 0 Å². The summed E-state index contributed by atoms with van der Waals surface area (Å²) < 4.78 is 1.53. The van der Waals surface area contributed by atoms with E-state index in [0.717, 1.165) is 0 Å². The molecule has 0 aliphatic carbocycles. The summed E-state index contributed by atoms with van der Waals surface area (Å²) in [6.45, 7) is 5.98. The number of nitrogens with one attached hydrogen (secondary N) is 1. The van der Waals surface area contributed by atoms with Crippen LogP contribution in [-0.4, -0.2) is 16.4 Å². The van der Waals surface area contributed by atoms with Gasteiger partial charge in [-0.05, 0) is 26.8 Å². The normalized spacial score (nSPS) is 11.3. The Hall–Kier alpha value is -1.29. The number of halogens is 1. The van der Waals surface area contributed by atoms with Crippen molar-refractivity contribution in [3.8, 4) is 0 Å². The van der Waals surface area contributed by atoms with Crippen LogP contribution in [0.5, 0.6) is 0 Å². The lowest BCUT2D eigenvalue weighted by molar-refractivity contribution is -0.122. The standard InChI is InChI=1S/C12H17ClN2O2/c1-4-15-7-9(5-6-10(15)16)14-11(17)12(2,3)8-13/h5-7H,4,8H2,1-3H3,(H,14,17). The highest BCUT2D eigenvalue weighted by Gasteiger charge is 2.26. The maximum absolute atomic E-state index is 11.9. The third-order valence-electron chi connectivity index (χ3n) is 2.53. The van der Waals surface area contributed by atoms with Crippen molar-refractivity contribution >= 4 is 23.2 Å². The first kappa shape index (κ1) is 13.8. The zero-order valence-electron chi connectivity index (χ0n) is 10.3. The first-order valence-corrected chi connectivity index (χ1v) is 6.02. The zero-order chi connectivity index (χ0) is 13.1. The predicted molar refractivity (Wildman–Crippen MR) is 69.5 cm³/mol. The van der Waals surface area contributed by atoms with Crippen molar-refractivity contribution in [2.24, 2.45) is 5.41 Å². The van der Waals surface area contributed by atoms with Gasteiger partial charge in [0.2, 0.25) is 5.91 Å². The van der Waals surface area contributed by atoms with Crippen molar-refractivity contribution < 1.29 is 4.79 Å². The summed E-state index contributed by atoms with van der Waals surface area (Å²) in [7, 11) is 0. The summed E-state index contributed by atoms with van der Waals surface area (Å²) in [5.74, 6) is 0.0838. The molecule has 4 nitrogen and oxygen atoms in total. The molecule has 0 spiro atoms. The monoisotopic (exact) mass is 256 g/mol. The number of hydrogen-bond donors (Lipinski definition) is 1. The topological polar surface area (TPSA) is 51.1 Å². The van der Waals surface area contributed by atoms with Crippen LogP contribution in [-0.2, 0) is 11.3 Å². The van der Waals surface area contributed by atoms with Gasteiger partial charge in [-0.3, -0.25) is 9.59 Å². The number of alkyl halides is 1. The summed E-state index contributed by atoms with van der Waals surface area (Å²) in [6, 6.07) is 3.03. The Morgan fingerprint density at radius 2 is 2.12 bits per heavy atom. The average Bonchev–Trinajstić information content (AvgIpc) is 2.31. The lowest BCUT2D eigenvalue weighted by Crippen LogP contribution is -2.32. The van der Waals surface area contributed by atoms with E-state index in [2.05, 4.69) is 5.32 Å². The maximum atomic E-state index is 11.9. The van der Waals surface area contributed by atoms with Crippen LogP contribution in [0, 0.1) is 5.41 Å². The molecule has 1 aromatic rings. The number of pyridine rings is 1. The second-order valence-corrected chi connectivity index (χ2v) is 4.78. The Bertz CT molecular complexity index is 466. The van der Waals surface area contributed by atoms with E-state index in [1.54, 1.807) is 26.1 Å². The van der Waals surface area contributed by atoms with Crippen LogP contribution in [0.2, 0.25) is 0 Å². The molecule has 0 fully saturated rings. The summed E-state index contributed by atoms with van der Waals surface area (Å²) >= 11 is 5.72. The number of carbonyl (C=O) groups excluding carboxylic acids is 1. The van der Waals surface area contributed by atoms with E-state index < -0.39 is 5.41 Å². The molecule has 94 valence electrons. The third kappa shape index (κ3) is 3.33. The van der Waals surface area contributed by atoms with Gasteiger partial charge in [-0.25, -0.2) is 0 Å². The van der Waals surface area contributed by atoms with Crippen LogP contribution in [0.4, 0.5) is 5.69 Å². The highest BCUT2D eigenvalue weighted by atomic mass is 35.5. The fourth-order valence-electron chi connectivity index (χ4n) is 1.21. The van der Waals surface area contributed by atoms with Gasteiger partial charge in [-0.2, -0.15) is 0 Å². The molecule has 0 radical (unpaired) electrons. The largest absolute Gasteiger partial charge is 0.324 e. The van der Waals surface area contributed by atoms with Crippen molar-refractivity contribution in [3.05, 3.63) is 28.7 Å². The second kappa shape index (κ2) is 5.36. The quantitative estimate of drug-likeness (QED) is 0.839. The number of hydrogen-bond acceptors (Lipinski definition) is 2. The number of rotatable bonds is 4. The Morgan fingerprint density at radius 3 is 2.65 bits per heavy atom. The van der Waals surface area contributed by atoms with Gasteiger partial charge in [-0.1, -0.05) is 0 Å². The van der Waals surface area contributed by atoms with E-state index in [1.807, 2.05) is 6.92 Å². The van der Waals surface area contributed by atoms with E-state index in [4.69, 9.17) is 11.6 Å². The lowest BCUT2D eigenvalue weighted by atomic mass is 9.95. The number of amides is 1. The summed E-state index contributed by atoms with van der Waals surface area (Å²) in [6.07, 6.45) is 1.63. The molecular weight excluding hydrogens is 240 g/mol. The minimum atomic E-state index is -0.630. The van der Waals surface area contributed by atoms with E-state index in [9.17, 15) is 9.59 Å². The molecule has 17 heavy (non-hydrogen) atoms. The summed E-state index contributed by atoms with van der Waals surface area (Å²) in [5, 5.41) is 2.75. The molecule has 0 saturated carbocycles. The molecule has 5 heteroatoms. The zero-order valence-corrected chi connectivity index (χ0v) is 11.0. The van der Waals surface area contributed by atoms with Crippen LogP contribution in [0.3, 0.4) is 0 Å². The molecule has 1 N–H and O–H groups in total. The minimum absolute atomic E-state index is 0.0814. The lowest BCUT2D eigenvalue weighted by Gasteiger charge is -2.20. The van der Waals surface area contributed by atoms with E-state index in [-0.39, 0.29) is 17.3 Å². The molecule has 0 aliphatic heterocycles. The number of aryl methyl sites for hydroxylation is 1. The molecule has 0 aromatic carbocycles. The second-order valence-electron chi connectivity index (χ2n) is 4.51. The molecule has 1 amide bonds. The fourth-order valence-corrected chi connectivity index (χ4v) is 1.33. The molecule has 0 aliphatic rings. The van der Waals surface area contributed by atoms with Gasteiger partial charge >= 0.3 is 0 Å². The first-order chi connectivity index (χ1) is 7.90. The molecule has 1 aromatic heterocycles. The summed E-state index contributed by atoms with van der Waals surface area (Å²) in [4.78, 5) is 23.2. The van der Waals surface area contributed by atoms with Crippen molar-refractivity contribution in [1.29, 1.82) is 0 Å². The summed E-state index contributed by atoms with van der Waals surface area (Å²) in [5.41, 5.74) is -0.105. The Labute approximate surface area is 106 Å². The van der Waals surface area contributed by atoms with Gasteiger partial charge in [0.05, 0.1) is 11.1 Å². The van der Waals surface area contributed by atoms with Gasteiger partial charge in [-0.15, -0.1) is 11.6 Å². The van der Waals surface area contributed by atoms with Crippen molar-refractivity contribution in [3.63, 3.8) is 0 Å². The fraction of sp³-hybridized carbons (Fsp3) is 0.500. The van der Waals surface area contributed by atoms with Gasteiger partial charge in [0.1, 0.15) is 0 Å². The smallest absolute Gasteiger partial charge is 0.250 e. The predicted octanol–water partition coefficient (Wildman–Crippen LogP) is 2.07. The van der Waals surface area contributed by atoms with Crippen LogP contribution in [0.15, 0.2) is 23.1 Å². The number of carbonyl (C=O) groups is 1. The van der Waals surface area contributed by atoms with Gasteiger partial charge < -0.3 is 9.88 Å².